The molecule has 0 unspecified atom stereocenters. The molecule has 168 valence electrons. The van der Waals surface area contributed by atoms with Crippen molar-refractivity contribution in [3.63, 3.8) is 0 Å². The van der Waals surface area contributed by atoms with E-state index in [0.717, 1.165) is 33.1 Å². The van der Waals surface area contributed by atoms with Crippen molar-refractivity contribution in [2.24, 2.45) is 0 Å². The van der Waals surface area contributed by atoms with Crippen LogP contribution in [-0.2, 0) is 11.3 Å². The van der Waals surface area contributed by atoms with Gasteiger partial charge >= 0.3 is 0 Å². The van der Waals surface area contributed by atoms with Crippen molar-refractivity contribution in [3.05, 3.63) is 112 Å². The quantitative estimate of drug-likeness (QED) is 0.262. The molecule has 1 fully saturated rings. The second-order valence-corrected chi connectivity index (χ2v) is 9.27. The first-order chi connectivity index (χ1) is 16.5. The first-order valence-corrected chi connectivity index (χ1v) is 11.8. The molecule has 0 N–H and O–H groups in total. The van der Waals surface area contributed by atoms with Crippen molar-refractivity contribution in [2.45, 2.75) is 13.5 Å². The summed E-state index contributed by atoms with van der Waals surface area (Å²) in [6.07, 6.45) is 3.76. The van der Waals surface area contributed by atoms with E-state index >= 15 is 0 Å². The van der Waals surface area contributed by atoms with Gasteiger partial charge < -0.3 is 4.57 Å². The Balaban J connectivity index is 1.43. The molecule has 6 heteroatoms. The molecule has 2 heterocycles. The van der Waals surface area contributed by atoms with E-state index in [1.165, 1.54) is 11.1 Å². The van der Waals surface area contributed by atoms with Crippen LogP contribution in [0.2, 0.25) is 0 Å². The van der Waals surface area contributed by atoms with Gasteiger partial charge in [0.15, 0.2) is 5.78 Å². The number of benzene rings is 3. The number of rotatable bonds is 6. The summed E-state index contributed by atoms with van der Waals surface area (Å²) in [6.45, 7) is 2.50. The summed E-state index contributed by atoms with van der Waals surface area (Å²) < 4.78 is 2.15. The monoisotopic (exact) mass is 466 g/mol. The molecule has 1 aliphatic heterocycles. The molecule has 5 rings (SSSR count). The van der Waals surface area contributed by atoms with Gasteiger partial charge in [0.1, 0.15) is 0 Å². The summed E-state index contributed by atoms with van der Waals surface area (Å²) in [4.78, 5) is 39.5. The van der Waals surface area contributed by atoms with Crippen LogP contribution in [0.3, 0.4) is 0 Å². The van der Waals surface area contributed by atoms with Gasteiger partial charge in [0.05, 0.1) is 11.4 Å². The van der Waals surface area contributed by atoms with Gasteiger partial charge in [-0.3, -0.25) is 19.3 Å². The second kappa shape index (κ2) is 9.15. The topological polar surface area (TPSA) is 59.4 Å². The van der Waals surface area contributed by atoms with E-state index < -0.39 is 11.1 Å². The lowest BCUT2D eigenvalue weighted by molar-refractivity contribution is -0.122. The SMILES string of the molecule is Cc1ccc(Cn2cc(/C=C3\SC(=O)N(CC(=O)c4ccccc4)C3=O)c3ccccc32)cc1. The number of hydrogen-bond donors (Lipinski definition) is 0. The maximum Gasteiger partial charge on any atom is 0.293 e. The van der Waals surface area contributed by atoms with E-state index in [2.05, 4.69) is 35.8 Å². The van der Waals surface area contributed by atoms with Crippen molar-refractivity contribution in [2.75, 3.05) is 6.54 Å². The molecule has 4 aromatic rings. The number of hydrogen-bond acceptors (Lipinski definition) is 4. The van der Waals surface area contributed by atoms with Gasteiger partial charge in [0, 0.05) is 34.8 Å². The molecule has 0 spiro atoms. The number of amides is 2. The maximum atomic E-state index is 13.0. The van der Waals surface area contributed by atoms with Crippen LogP contribution in [0.1, 0.15) is 27.0 Å². The predicted molar refractivity (Wildman–Crippen MR) is 136 cm³/mol. The minimum Gasteiger partial charge on any atom is -0.342 e. The molecule has 2 amide bonds. The summed E-state index contributed by atoms with van der Waals surface area (Å²) in [5.41, 5.74) is 4.78. The standard InChI is InChI=1S/C28H22N2O3S/c1-19-11-13-20(14-12-19)16-29-17-22(23-9-5-6-10-24(23)29)15-26-27(32)30(28(33)34-26)18-25(31)21-7-3-2-4-8-21/h2-15,17H,16,18H2,1H3/b26-15-. The minimum absolute atomic E-state index is 0.263. The van der Waals surface area contributed by atoms with E-state index in [1.54, 1.807) is 30.3 Å². The fourth-order valence-corrected chi connectivity index (χ4v) is 4.88. The Kier molecular flexibility index (Phi) is 5.90. The van der Waals surface area contributed by atoms with E-state index in [4.69, 9.17) is 0 Å². The first-order valence-electron chi connectivity index (χ1n) is 11.0. The molecule has 3 aromatic carbocycles. The smallest absolute Gasteiger partial charge is 0.293 e. The number of para-hydroxylation sites is 1. The minimum atomic E-state index is -0.436. The number of Topliss-reactive ketones (excluding diaryl/α,β-unsaturated/α-hetero) is 1. The number of carbonyl (C=O) groups excluding carboxylic acids is 3. The fourth-order valence-electron chi connectivity index (χ4n) is 4.05. The van der Waals surface area contributed by atoms with Crippen LogP contribution in [0.5, 0.6) is 0 Å². The Hall–Kier alpha value is -3.90. The van der Waals surface area contributed by atoms with Crippen LogP contribution in [0.15, 0.2) is 90.0 Å². The molecule has 1 saturated heterocycles. The molecular weight excluding hydrogens is 444 g/mol. The third-order valence-electron chi connectivity index (χ3n) is 5.85. The van der Waals surface area contributed by atoms with Gasteiger partial charge in [-0.1, -0.05) is 78.4 Å². The van der Waals surface area contributed by atoms with Crippen LogP contribution < -0.4 is 0 Å². The van der Waals surface area contributed by atoms with Gasteiger partial charge in [-0.25, -0.2) is 0 Å². The average molecular weight is 467 g/mol. The van der Waals surface area contributed by atoms with Crippen LogP contribution in [0, 0.1) is 6.92 Å². The molecule has 0 atom stereocenters. The predicted octanol–water partition coefficient (Wildman–Crippen LogP) is 5.92. The van der Waals surface area contributed by atoms with E-state index in [9.17, 15) is 14.4 Å². The number of carbonyl (C=O) groups is 3. The third kappa shape index (κ3) is 4.32. The van der Waals surface area contributed by atoms with Gasteiger partial charge in [-0.05, 0) is 36.4 Å². The zero-order chi connectivity index (χ0) is 23.7. The first kappa shape index (κ1) is 21.9. The average Bonchev–Trinajstić information content (AvgIpc) is 3.33. The molecule has 0 saturated carbocycles. The molecule has 5 nitrogen and oxygen atoms in total. The Bertz CT molecular complexity index is 1440. The zero-order valence-electron chi connectivity index (χ0n) is 18.6. The van der Waals surface area contributed by atoms with E-state index in [0.29, 0.717) is 17.0 Å². The highest BCUT2D eigenvalue weighted by molar-refractivity contribution is 8.18. The summed E-state index contributed by atoms with van der Waals surface area (Å²) in [5.74, 6) is -0.700. The van der Waals surface area contributed by atoms with Gasteiger partial charge in [0.25, 0.3) is 11.1 Å². The Morgan fingerprint density at radius 1 is 0.912 bits per heavy atom. The maximum absolute atomic E-state index is 13.0. The van der Waals surface area contributed by atoms with Crippen LogP contribution >= 0.6 is 11.8 Å². The number of aromatic nitrogens is 1. The Morgan fingerprint density at radius 3 is 2.38 bits per heavy atom. The number of aryl methyl sites for hydroxylation is 1. The second-order valence-electron chi connectivity index (χ2n) is 8.27. The highest BCUT2D eigenvalue weighted by Crippen LogP contribution is 2.34. The lowest BCUT2D eigenvalue weighted by Gasteiger charge is -2.11. The number of imide groups is 1. The third-order valence-corrected chi connectivity index (χ3v) is 6.76. The van der Waals surface area contributed by atoms with E-state index in [1.807, 2.05) is 36.5 Å². The van der Waals surface area contributed by atoms with Crippen molar-refractivity contribution >= 4 is 45.7 Å². The van der Waals surface area contributed by atoms with Crippen molar-refractivity contribution in [1.29, 1.82) is 0 Å². The van der Waals surface area contributed by atoms with Gasteiger partial charge in [0.2, 0.25) is 0 Å². The Labute approximate surface area is 201 Å². The summed E-state index contributed by atoms with van der Waals surface area (Å²) >= 11 is 0.874. The molecular formula is C28H22N2O3S. The summed E-state index contributed by atoms with van der Waals surface area (Å²) in [7, 11) is 0. The number of ketones is 1. The van der Waals surface area contributed by atoms with Gasteiger partial charge in [-0.15, -0.1) is 0 Å². The Morgan fingerprint density at radius 2 is 1.62 bits per heavy atom. The van der Waals surface area contributed by atoms with Crippen LogP contribution in [0.4, 0.5) is 4.79 Å². The number of thioether (sulfide) groups is 1. The lowest BCUT2D eigenvalue weighted by Crippen LogP contribution is -2.33. The van der Waals surface area contributed by atoms with Crippen molar-refractivity contribution in [3.8, 4) is 0 Å². The molecule has 1 aliphatic rings. The van der Waals surface area contributed by atoms with Crippen LogP contribution in [-0.4, -0.2) is 32.9 Å². The van der Waals surface area contributed by atoms with Crippen LogP contribution in [0.25, 0.3) is 17.0 Å². The normalized spacial score (nSPS) is 15.0. The van der Waals surface area contributed by atoms with Gasteiger partial charge in [-0.2, -0.15) is 0 Å². The van der Waals surface area contributed by atoms with Crippen molar-refractivity contribution < 1.29 is 14.4 Å². The number of nitrogens with zero attached hydrogens (tertiary/aromatic N) is 2. The largest absolute Gasteiger partial charge is 0.342 e. The zero-order valence-corrected chi connectivity index (χ0v) is 19.4. The molecule has 0 bridgehead atoms. The van der Waals surface area contributed by atoms with E-state index in [-0.39, 0.29) is 12.3 Å². The molecule has 0 radical (unpaired) electrons. The summed E-state index contributed by atoms with van der Waals surface area (Å²) in [6, 6.07) is 25.1. The molecule has 0 aliphatic carbocycles. The molecule has 1 aromatic heterocycles. The summed E-state index contributed by atoms with van der Waals surface area (Å²) in [5, 5.41) is 0.575. The number of fused-ring (bicyclic) bond motifs is 1. The molecule has 34 heavy (non-hydrogen) atoms. The highest BCUT2D eigenvalue weighted by Gasteiger charge is 2.36. The fraction of sp³-hybridized carbons (Fsp3) is 0.107. The van der Waals surface area contributed by atoms with Crippen molar-refractivity contribution in [1.82, 2.24) is 9.47 Å². The highest BCUT2D eigenvalue weighted by atomic mass is 32.2. The lowest BCUT2D eigenvalue weighted by atomic mass is 10.1.